The number of sulfonamides is 1. The van der Waals surface area contributed by atoms with E-state index >= 15 is 0 Å². The molecule has 0 aliphatic carbocycles. The van der Waals surface area contributed by atoms with Crippen LogP contribution in [0.1, 0.15) is 4.88 Å². The number of pyridine rings is 1. The van der Waals surface area contributed by atoms with E-state index in [0.717, 1.165) is 4.88 Å². The van der Waals surface area contributed by atoms with Gasteiger partial charge in [0.2, 0.25) is 0 Å². The molecule has 0 atom stereocenters. The smallest absolute Gasteiger partial charge is 0.260 e. The van der Waals surface area contributed by atoms with E-state index < -0.39 is 10.0 Å². The highest BCUT2D eigenvalue weighted by Gasteiger charge is 2.23. The van der Waals surface area contributed by atoms with Gasteiger partial charge in [-0.25, -0.2) is 18.1 Å². The number of fused-ring (bicyclic) bond motifs is 1. The molecule has 110 valence electrons. The third-order valence-corrected chi connectivity index (χ3v) is 5.50. The molecule has 0 bridgehead atoms. The van der Waals surface area contributed by atoms with Crippen LogP contribution in [0, 0.1) is 0 Å². The molecule has 0 aliphatic heterocycles. The first-order valence-electron chi connectivity index (χ1n) is 5.94. The molecule has 0 fully saturated rings. The number of nitrogen functional groups attached to an aromatic ring is 1. The lowest BCUT2D eigenvalue weighted by Crippen LogP contribution is -2.25. The van der Waals surface area contributed by atoms with E-state index in [1.165, 1.54) is 15.7 Å². The van der Waals surface area contributed by atoms with Gasteiger partial charge in [0.05, 0.1) is 4.34 Å². The van der Waals surface area contributed by atoms with Crippen molar-refractivity contribution in [2.75, 3.05) is 5.73 Å². The zero-order valence-electron chi connectivity index (χ0n) is 10.7. The highest BCUT2D eigenvalue weighted by Crippen LogP contribution is 2.23. The van der Waals surface area contributed by atoms with Crippen molar-refractivity contribution in [1.29, 1.82) is 0 Å². The largest absolute Gasteiger partial charge is 0.381 e. The summed E-state index contributed by atoms with van der Waals surface area (Å²) < 4.78 is 29.4. The fourth-order valence-corrected chi connectivity index (χ4v) is 4.28. The monoisotopic (exact) mass is 342 g/mol. The van der Waals surface area contributed by atoms with Crippen LogP contribution in [0.25, 0.3) is 5.65 Å². The Morgan fingerprint density at radius 2 is 2.14 bits per heavy atom. The van der Waals surface area contributed by atoms with Gasteiger partial charge in [-0.2, -0.15) is 0 Å². The zero-order valence-corrected chi connectivity index (χ0v) is 13.0. The molecule has 0 radical (unpaired) electrons. The summed E-state index contributed by atoms with van der Waals surface area (Å²) in [5.74, 6) is -0.0297. The predicted molar refractivity (Wildman–Crippen MR) is 83.0 cm³/mol. The molecule has 0 saturated carbocycles. The van der Waals surface area contributed by atoms with Crippen LogP contribution in [0.2, 0.25) is 4.34 Å². The topological polar surface area (TPSA) is 89.5 Å². The Hall–Kier alpha value is -1.61. The van der Waals surface area contributed by atoms with Crippen molar-refractivity contribution in [2.24, 2.45) is 0 Å². The maximum Gasteiger partial charge on any atom is 0.260 e. The molecule has 3 N–H and O–H groups in total. The van der Waals surface area contributed by atoms with E-state index in [9.17, 15) is 8.42 Å². The molecule has 3 aromatic heterocycles. The molecule has 21 heavy (non-hydrogen) atoms. The third kappa shape index (κ3) is 2.75. The number of nitrogens with zero attached hydrogens (tertiary/aromatic N) is 2. The first kappa shape index (κ1) is 14.3. The molecule has 0 aliphatic rings. The minimum absolute atomic E-state index is 0.0297. The van der Waals surface area contributed by atoms with Gasteiger partial charge >= 0.3 is 0 Å². The third-order valence-electron chi connectivity index (χ3n) is 2.83. The van der Waals surface area contributed by atoms with Crippen LogP contribution >= 0.6 is 22.9 Å². The van der Waals surface area contributed by atoms with Crippen molar-refractivity contribution in [3.63, 3.8) is 0 Å². The fourth-order valence-electron chi connectivity index (χ4n) is 1.94. The van der Waals surface area contributed by atoms with Crippen molar-refractivity contribution in [2.45, 2.75) is 11.6 Å². The first-order valence-corrected chi connectivity index (χ1v) is 8.61. The summed E-state index contributed by atoms with van der Waals surface area (Å²) in [6.45, 7) is 0.152. The summed E-state index contributed by atoms with van der Waals surface area (Å²) in [6.07, 6.45) is 1.61. The van der Waals surface area contributed by atoms with Gasteiger partial charge in [-0.15, -0.1) is 11.3 Å². The van der Waals surface area contributed by atoms with Gasteiger partial charge in [0, 0.05) is 17.6 Å². The Morgan fingerprint density at radius 1 is 1.33 bits per heavy atom. The summed E-state index contributed by atoms with van der Waals surface area (Å²) in [5, 5.41) is -0.0549. The Bertz CT molecular complexity index is 901. The lowest BCUT2D eigenvalue weighted by Gasteiger charge is -2.06. The molecule has 3 heterocycles. The van der Waals surface area contributed by atoms with E-state index in [0.29, 0.717) is 9.98 Å². The summed E-state index contributed by atoms with van der Waals surface area (Å²) in [6, 6.07) is 8.66. The number of aromatic nitrogens is 2. The number of imidazole rings is 1. The summed E-state index contributed by atoms with van der Waals surface area (Å²) in [7, 11) is -3.77. The average Bonchev–Trinajstić information content (AvgIpc) is 2.99. The van der Waals surface area contributed by atoms with Crippen LogP contribution in [-0.4, -0.2) is 17.8 Å². The number of rotatable bonds is 4. The average molecular weight is 343 g/mol. The number of nitrogens with two attached hydrogens (primary N) is 1. The number of nitrogens with one attached hydrogen (secondary N) is 1. The summed E-state index contributed by atoms with van der Waals surface area (Å²) >= 11 is 7.14. The number of hydrogen-bond donors (Lipinski definition) is 2. The number of thiophene rings is 1. The van der Waals surface area contributed by atoms with Gasteiger partial charge in [-0.3, -0.25) is 4.40 Å². The summed E-state index contributed by atoms with van der Waals surface area (Å²) in [5.41, 5.74) is 6.22. The molecule has 3 aromatic rings. The van der Waals surface area contributed by atoms with Crippen molar-refractivity contribution in [3.05, 3.63) is 45.7 Å². The van der Waals surface area contributed by atoms with Crippen LogP contribution in [-0.2, 0) is 16.6 Å². The Labute approximate surface area is 130 Å². The molecule has 0 amide bonds. The van der Waals surface area contributed by atoms with Crippen LogP contribution < -0.4 is 10.5 Å². The van der Waals surface area contributed by atoms with E-state index in [4.69, 9.17) is 17.3 Å². The van der Waals surface area contributed by atoms with Gasteiger partial charge in [0.15, 0.2) is 10.8 Å². The van der Waals surface area contributed by atoms with Gasteiger partial charge in [0.25, 0.3) is 10.0 Å². The molecular formula is C12H11ClN4O2S2. The van der Waals surface area contributed by atoms with Gasteiger partial charge < -0.3 is 5.73 Å². The SMILES string of the molecule is Nc1nc2ccccn2c1S(=O)(=O)NCc1ccc(Cl)s1. The van der Waals surface area contributed by atoms with Crippen LogP contribution in [0.15, 0.2) is 41.6 Å². The maximum atomic E-state index is 12.4. The predicted octanol–water partition coefficient (Wildman–Crippen LogP) is 2.11. The van der Waals surface area contributed by atoms with E-state index in [2.05, 4.69) is 9.71 Å². The van der Waals surface area contributed by atoms with E-state index in [1.54, 1.807) is 36.5 Å². The molecule has 0 spiro atoms. The lowest BCUT2D eigenvalue weighted by atomic mass is 10.5. The van der Waals surface area contributed by atoms with Gasteiger partial charge in [0.1, 0.15) is 5.65 Å². The van der Waals surface area contributed by atoms with Crippen LogP contribution in [0.4, 0.5) is 5.82 Å². The standard InChI is InChI=1S/C12H11ClN4O2S2/c13-9-5-4-8(20-9)7-15-21(18,19)12-11(14)16-10-3-1-2-6-17(10)12/h1-6,15H,7,14H2. The molecule has 0 saturated heterocycles. The quantitative estimate of drug-likeness (QED) is 0.760. The highest BCUT2D eigenvalue weighted by atomic mass is 35.5. The normalized spacial score (nSPS) is 12.0. The van der Waals surface area contributed by atoms with Crippen molar-refractivity contribution in [1.82, 2.24) is 14.1 Å². The highest BCUT2D eigenvalue weighted by molar-refractivity contribution is 7.89. The Morgan fingerprint density at radius 3 is 2.86 bits per heavy atom. The molecule has 0 unspecified atom stereocenters. The van der Waals surface area contributed by atoms with Crippen LogP contribution in [0.3, 0.4) is 0 Å². The van der Waals surface area contributed by atoms with Crippen molar-refractivity contribution >= 4 is 44.4 Å². The lowest BCUT2D eigenvalue weighted by molar-refractivity contribution is 0.577. The zero-order chi connectivity index (χ0) is 15.0. The minimum Gasteiger partial charge on any atom is -0.381 e. The Balaban J connectivity index is 1.95. The van der Waals surface area contributed by atoms with E-state index in [1.807, 2.05) is 0 Å². The number of hydrogen-bond acceptors (Lipinski definition) is 5. The van der Waals surface area contributed by atoms with Crippen molar-refractivity contribution < 1.29 is 8.42 Å². The number of anilines is 1. The second kappa shape index (κ2) is 5.30. The number of halogens is 1. The van der Waals surface area contributed by atoms with Crippen molar-refractivity contribution in [3.8, 4) is 0 Å². The van der Waals surface area contributed by atoms with E-state index in [-0.39, 0.29) is 17.4 Å². The second-order valence-electron chi connectivity index (χ2n) is 4.26. The molecular weight excluding hydrogens is 332 g/mol. The van der Waals surface area contributed by atoms with Gasteiger partial charge in [-0.1, -0.05) is 17.7 Å². The maximum absolute atomic E-state index is 12.4. The minimum atomic E-state index is -3.77. The fraction of sp³-hybridized carbons (Fsp3) is 0.0833. The Kier molecular flexibility index (Phi) is 3.62. The first-order chi connectivity index (χ1) is 9.97. The molecule has 9 heteroatoms. The van der Waals surface area contributed by atoms with Gasteiger partial charge in [-0.05, 0) is 24.3 Å². The molecule has 0 aromatic carbocycles. The second-order valence-corrected chi connectivity index (χ2v) is 7.74. The molecule has 6 nitrogen and oxygen atoms in total. The van der Waals surface area contributed by atoms with Crippen LogP contribution in [0.5, 0.6) is 0 Å². The summed E-state index contributed by atoms with van der Waals surface area (Å²) in [4.78, 5) is 4.86. The molecule has 3 rings (SSSR count).